The second-order valence-electron chi connectivity index (χ2n) is 8.14. The van der Waals surface area contributed by atoms with E-state index < -0.39 is 5.97 Å². The van der Waals surface area contributed by atoms with Gasteiger partial charge in [0.15, 0.2) is 6.61 Å². The Labute approximate surface area is 191 Å². The number of carboxylic acids is 1. The Bertz CT molecular complexity index is 1220. The van der Waals surface area contributed by atoms with Crippen molar-refractivity contribution < 1.29 is 24.2 Å². The van der Waals surface area contributed by atoms with Gasteiger partial charge < -0.3 is 20.1 Å². The second-order valence-corrected chi connectivity index (χ2v) is 8.14. The number of ether oxygens (including phenoxy) is 1. The molecule has 2 amide bonds. The Hall–Kier alpha value is -4.13. The monoisotopic (exact) mass is 444 g/mol. The summed E-state index contributed by atoms with van der Waals surface area (Å²) >= 11 is 0. The van der Waals surface area contributed by atoms with Crippen LogP contribution < -0.4 is 15.0 Å². The molecule has 0 fully saturated rings. The molecule has 0 aromatic heterocycles. The van der Waals surface area contributed by atoms with Crippen molar-refractivity contribution in [1.82, 2.24) is 0 Å². The van der Waals surface area contributed by atoms with E-state index in [1.165, 1.54) is 0 Å². The first kappa shape index (κ1) is 22.1. The van der Waals surface area contributed by atoms with Crippen molar-refractivity contribution in [2.24, 2.45) is 5.92 Å². The molecule has 7 nitrogen and oxygen atoms in total. The van der Waals surface area contributed by atoms with E-state index >= 15 is 0 Å². The molecule has 0 atom stereocenters. The van der Waals surface area contributed by atoms with Gasteiger partial charge in [-0.2, -0.15) is 0 Å². The number of carbonyl (C=O) groups excluding carboxylic acids is 2. The molecular weight excluding hydrogens is 420 g/mol. The van der Waals surface area contributed by atoms with E-state index in [1.54, 1.807) is 47.4 Å². The molecule has 3 aromatic rings. The third kappa shape index (κ3) is 4.72. The van der Waals surface area contributed by atoms with E-state index in [-0.39, 0.29) is 29.9 Å². The van der Waals surface area contributed by atoms with Gasteiger partial charge in [-0.25, -0.2) is 4.79 Å². The Balaban J connectivity index is 1.56. The van der Waals surface area contributed by atoms with Crippen molar-refractivity contribution in [2.45, 2.75) is 20.4 Å². The van der Waals surface area contributed by atoms with Crippen LogP contribution >= 0.6 is 0 Å². The number of carboxylic acid groups (broad SMARTS) is 1. The molecule has 0 saturated carbocycles. The van der Waals surface area contributed by atoms with Crippen molar-refractivity contribution >= 4 is 29.2 Å². The predicted octanol–water partition coefficient (Wildman–Crippen LogP) is 4.57. The summed E-state index contributed by atoms with van der Waals surface area (Å²) in [5.74, 6) is -0.854. The van der Waals surface area contributed by atoms with Crippen LogP contribution in [-0.4, -0.2) is 29.5 Å². The van der Waals surface area contributed by atoms with Gasteiger partial charge in [0.05, 0.1) is 17.8 Å². The Morgan fingerprint density at radius 3 is 2.48 bits per heavy atom. The zero-order chi connectivity index (χ0) is 23.5. The van der Waals surface area contributed by atoms with Gasteiger partial charge in [0, 0.05) is 17.7 Å². The van der Waals surface area contributed by atoms with E-state index in [9.17, 15) is 19.5 Å². The van der Waals surface area contributed by atoms with Crippen LogP contribution in [0.4, 0.5) is 11.4 Å². The third-order valence-corrected chi connectivity index (χ3v) is 5.46. The number of nitrogens with one attached hydrogen (secondary N) is 1. The molecule has 33 heavy (non-hydrogen) atoms. The molecule has 0 radical (unpaired) electrons. The lowest BCUT2D eigenvalue weighted by Gasteiger charge is -2.30. The highest BCUT2D eigenvalue weighted by molar-refractivity contribution is 5.99. The number of hydrogen-bond acceptors (Lipinski definition) is 4. The van der Waals surface area contributed by atoms with E-state index in [0.29, 0.717) is 29.2 Å². The average Bonchev–Trinajstić information content (AvgIpc) is 2.81. The molecule has 0 unspecified atom stereocenters. The van der Waals surface area contributed by atoms with Crippen LogP contribution in [0.15, 0.2) is 66.7 Å². The van der Waals surface area contributed by atoms with Gasteiger partial charge >= 0.3 is 5.97 Å². The number of nitrogens with zero attached hydrogens (tertiary/aromatic N) is 1. The largest absolute Gasteiger partial charge is 0.481 e. The van der Waals surface area contributed by atoms with Gasteiger partial charge in [-0.05, 0) is 34.9 Å². The third-order valence-electron chi connectivity index (χ3n) is 5.46. The van der Waals surface area contributed by atoms with Crippen LogP contribution in [0.5, 0.6) is 5.75 Å². The minimum atomic E-state index is -0.978. The molecule has 1 aliphatic rings. The number of anilines is 2. The SMILES string of the molecule is CC(C)C(=O)Nc1ccc2c(c1)OCC(=O)N2Cc1ccc(-c2ccccc2C(=O)O)cc1. The van der Waals surface area contributed by atoms with Crippen LogP contribution in [0.1, 0.15) is 29.8 Å². The highest BCUT2D eigenvalue weighted by atomic mass is 16.5. The van der Waals surface area contributed by atoms with Crippen LogP contribution in [-0.2, 0) is 16.1 Å². The summed E-state index contributed by atoms with van der Waals surface area (Å²) in [5, 5.41) is 12.3. The summed E-state index contributed by atoms with van der Waals surface area (Å²) in [6.45, 7) is 3.89. The first-order valence-electron chi connectivity index (χ1n) is 10.6. The van der Waals surface area contributed by atoms with E-state index in [1.807, 2.05) is 38.1 Å². The van der Waals surface area contributed by atoms with Gasteiger partial charge in [0.1, 0.15) is 5.75 Å². The maximum absolute atomic E-state index is 12.6. The molecule has 1 aliphatic heterocycles. The van der Waals surface area contributed by atoms with Gasteiger partial charge in [-0.15, -0.1) is 0 Å². The lowest BCUT2D eigenvalue weighted by atomic mass is 9.98. The molecule has 168 valence electrons. The van der Waals surface area contributed by atoms with Gasteiger partial charge in [-0.3, -0.25) is 9.59 Å². The van der Waals surface area contributed by atoms with Gasteiger partial charge in [-0.1, -0.05) is 56.3 Å². The summed E-state index contributed by atoms with van der Waals surface area (Å²) in [7, 11) is 0. The number of benzene rings is 3. The molecule has 3 aromatic carbocycles. The fraction of sp³-hybridized carbons (Fsp3) is 0.192. The van der Waals surface area contributed by atoms with Crippen molar-refractivity contribution in [1.29, 1.82) is 0 Å². The predicted molar refractivity (Wildman–Crippen MR) is 125 cm³/mol. The number of fused-ring (bicyclic) bond motifs is 1. The second kappa shape index (κ2) is 9.16. The van der Waals surface area contributed by atoms with Gasteiger partial charge in [0.25, 0.3) is 5.91 Å². The summed E-state index contributed by atoms with van der Waals surface area (Å²) in [5.41, 5.74) is 3.81. The fourth-order valence-corrected chi connectivity index (χ4v) is 3.64. The summed E-state index contributed by atoms with van der Waals surface area (Å²) in [6, 6.07) is 19.6. The first-order valence-corrected chi connectivity index (χ1v) is 10.6. The van der Waals surface area contributed by atoms with Crippen molar-refractivity contribution in [2.75, 3.05) is 16.8 Å². The Morgan fingerprint density at radius 1 is 1.06 bits per heavy atom. The number of hydrogen-bond donors (Lipinski definition) is 2. The standard InChI is InChI=1S/C26H24N2O5/c1-16(2)25(30)27-19-11-12-22-23(13-19)33-15-24(29)28(22)14-17-7-9-18(10-8-17)20-5-3-4-6-21(20)26(31)32/h3-13,16H,14-15H2,1-2H3,(H,27,30)(H,31,32). The highest BCUT2D eigenvalue weighted by Crippen LogP contribution is 2.36. The molecular formula is C26H24N2O5. The smallest absolute Gasteiger partial charge is 0.336 e. The summed E-state index contributed by atoms with van der Waals surface area (Å²) < 4.78 is 5.60. The van der Waals surface area contributed by atoms with E-state index in [2.05, 4.69) is 5.32 Å². The number of rotatable bonds is 6. The van der Waals surface area contributed by atoms with E-state index in [4.69, 9.17) is 4.74 Å². The minimum Gasteiger partial charge on any atom is -0.481 e. The number of aromatic carboxylic acids is 1. The molecule has 0 saturated heterocycles. The van der Waals surface area contributed by atoms with Crippen molar-refractivity contribution in [3.05, 3.63) is 77.9 Å². The molecule has 2 N–H and O–H groups in total. The van der Waals surface area contributed by atoms with Crippen LogP contribution in [0.2, 0.25) is 0 Å². The zero-order valence-electron chi connectivity index (χ0n) is 18.4. The fourth-order valence-electron chi connectivity index (χ4n) is 3.64. The lowest BCUT2D eigenvalue weighted by Crippen LogP contribution is -2.38. The quantitative estimate of drug-likeness (QED) is 0.581. The molecule has 0 aliphatic carbocycles. The first-order chi connectivity index (χ1) is 15.8. The molecule has 0 bridgehead atoms. The van der Waals surface area contributed by atoms with Crippen LogP contribution in [0, 0.1) is 5.92 Å². The normalized spacial score (nSPS) is 12.8. The summed E-state index contributed by atoms with van der Waals surface area (Å²) in [6.07, 6.45) is 0. The van der Waals surface area contributed by atoms with E-state index in [0.717, 1.165) is 11.1 Å². The molecule has 4 rings (SSSR count). The molecule has 1 heterocycles. The minimum absolute atomic E-state index is 0.0847. The lowest BCUT2D eigenvalue weighted by molar-refractivity contribution is -0.121. The molecule has 0 spiro atoms. The Kier molecular flexibility index (Phi) is 6.13. The topological polar surface area (TPSA) is 95.9 Å². The van der Waals surface area contributed by atoms with Crippen molar-refractivity contribution in [3.63, 3.8) is 0 Å². The van der Waals surface area contributed by atoms with Crippen LogP contribution in [0.25, 0.3) is 11.1 Å². The number of carbonyl (C=O) groups is 3. The Morgan fingerprint density at radius 2 is 1.79 bits per heavy atom. The highest BCUT2D eigenvalue weighted by Gasteiger charge is 2.26. The number of amides is 2. The van der Waals surface area contributed by atoms with Gasteiger partial charge in [0.2, 0.25) is 5.91 Å². The molecule has 7 heteroatoms. The summed E-state index contributed by atoms with van der Waals surface area (Å²) in [4.78, 5) is 37.7. The maximum Gasteiger partial charge on any atom is 0.336 e. The van der Waals surface area contributed by atoms with Crippen molar-refractivity contribution in [3.8, 4) is 16.9 Å². The zero-order valence-corrected chi connectivity index (χ0v) is 18.4. The van der Waals surface area contributed by atoms with Crippen LogP contribution in [0.3, 0.4) is 0 Å². The average molecular weight is 444 g/mol. The maximum atomic E-state index is 12.6.